The summed E-state index contributed by atoms with van der Waals surface area (Å²) in [6, 6.07) is 13.7. The zero-order valence-corrected chi connectivity index (χ0v) is 16.0. The normalized spacial score (nSPS) is 14.9. The number of halogens is 2. The minimum Gasteiger partial charge on any atom is -0.336 e. The van der Waals surface area contributed by atoms with Gasteiger partial charge in [-0.2, -0.15) is 5.10 Å². The molecule has 29 heavy (non-hydrogen) atoms. The van der Waals surface area contributed by atoms with Crippen LogP contribution in [0, 0.1) is 11.6 Å². The van der Waals surface area contributed by atoms with E-state index in [2.05, 4.69) is 5.10 Å². The molecule has 7 heteroatoms. The van der Waals surface area contributed by atoms with Crippen molar-refractivity contribution >= 4 is 5.91 Å². The van der Waals surface area contributed by atoms with Crippen molar-refractivity contribution in [2.75, 3.05) is 26.2 Å². The third kappa shape index (κ3) is 4.51. The Hall–Kier alpha value is -3.06. The van der Waals surface area contributed by atoms with Gasteiger partial charge in [-0.3, -0.25) is 14.4 Å². The molecule has 2 aromatic carbocycles. The van der Waals surface area contributed by atoms with Crippen LogP contribution in [0.1, 0.15) is 21.5 Å². The van der Waals surface area contributed by atoms with Gasteiger partial charge in [-0.1, -0.05) is 24.3 Å². The van der Waals surface area contributed by atoms with E-state index in [1.807, 2.05) is 51.0 Å². The van der Waals surface area contributed by atoms with Crippen LogP contribution in [-0.2, 0) is 13.1 Å². The molecule has 5 nitrogen and oxygen atoms in total. The van der Waals surface area contributed by atoms with Crippen molar-refractivity contribution in [2.45, 2.75) is 13.1 Å². The summed E-state index contributed by atoms with van der Waals surface area (Å²) in [4.78, 5) is 16.7. The second-order valence-corrected chi connectivity index (χ2v) is 7.19. The summed E-state index contributed by atoms with van der Waals surface area (Å²) in [5, 5.41) is 4.20. The molecule has 0 radical (unpaired) electrons. The van der Waals surface area contributed by atoms with Gasteiger partial charge in [0, 0.05) is 56.2 Å². The maximum absolute atomic E-state index is 13.9. The molecule has 1 fully saturated rings. The minimum atomic E-state index is -0.827. The zero-order valence-electron chi connectivity index (χ0n) is 16.0. The zero-order chi connectivity index (χ0) is 20.2. The SMILES string of the molecule is O=C(c1cccc(Cn2cccn2)c1)N1CCN(Cc2cccc(F)c2F)CC1. The highest BCUT2D eigenvalue weighted by Gasteiger charge is 2.23. The summed E-state index contributed by atoms with van der Waals surface area (Å²) < 4.78 is 29.1. The maximum Gasteiger partial charge on any atom is 0.253 e. The van der Waals surface area contributed by atoms with Crippen LogP contribution in [0.5, 0.6) is 0 Å². The molecule has 0 atom stereocenters. The predicted octanol–water partition coefficient (Wildman–Crippen LogP) is 3.17. The molecular weight excluding hydrogens is 374 g/mol. The molecule has 150 valence electrons. The number of piperazine rings is 1. The molecule has 1 amide bonds. The first-order chi connectivity index (χ1) is 14.1. The molecule has 0 N–H and O–H groups in total. The lowest BCUT2D eigenvalue weighted by molar-refractivity contribution is 0.0626. The lowest BCUT2D eigenvalue weighted by atomic mass is 10.1. The van der Waals surface area contributed by atoms with Gasteiger partial charge in [0.25, 0.3) is 5.91 Å². The number of nitrogens with zero attached hydrogens (tertiary/aromatic N) is 4. The Morgan fingerprint density at radius 2 is 1.76 bits per heavy atom. The van der Waals surface area contributed by atoms with E-state index >= 15 is 0 Å². The Morgan fingerprint density at radius 3 is 2.52 bits per heavy atom. The van der Waals surface area contributed by atoms with Gasteiger partial charge >= 0.3 is 0 Å². The third-order valence-corrected chi connectivity index (χ3v) is 5.16. The van der Waals surface area contributed by atoms with Crippen LogP contribution in [0.4, 0.5) is 8.78 Å². The Kier molecular flexibility index (Phi) is 5.67. The van der Waals surface area contributed by atoms with E-state index < -0.39 is 11.6 Å². The molecule has 4 rings (SSSR count). The number of hydrogen-bond acceptors (Lipinski definition) is 3. The highest BCUT2D eigenvalue weighted by atomic mass is 19.2. The van der Waals surface area contributed by atoms with Gasteiger partial charge in [-0.25, -0.2) is 8.78 Å². The summed E-state index contributed by atoms with van der Waals surface area (Å²) in [5.74, 6) is -1.63. The Bertz CT molecular complexity index is 982. The van der Waals surface area contributed by atoms with Crippen molar-refractivity contribution in [3.63, 3.8) is 0 Å². The number of aromatic nitrogens is 2. The average molecular weight is 396 g/mol. The lowest BCUT2D eigenvalue weighted by Gasteiger charge is -2.35. The highest BCUT2D eigenvalue weighted by Crippen LogP contribution is 2.16. The second-order valence-electron chi connectivity index (χ2n) is 7.19. The minimum absolute atomic E-state index is 0.0103. The van der Waals surface area contributed by atoms with E-state index in [4.69, 9.17) is 0 Å². The van der Waals surface area contributed by atoms with Crippen molar-refractivity contribution < 1.29 is 13.6 Å². The standard InChI is InChI=1S/C22H22F2N4O/c23-20-7-2-6-19(21(20)24)16-26-10-12-27(13-11-26)22(29)18-5-1-4-17(14-18)15-28-9-3-8-25-28/h1-9,14H,10-13,15-16H2. The van der Waals surface area contributed by atoms with Gasteiger partial charge in [0.05, 0.1) is 6.54 Å². The van der Waals surface area contributed by atoms with Gasteiger partial charge in [0.2, 0.25) is 0 Å². The van der Waals surface area contributed by atoms with Crippen molar-refractivity contribution in [1.29, 1.82) is 0 Å². The van der Waals surface area contributed by atoms with Crippen LogP contribution in [0.25, 0.3) is 0 Å². The first-order valence-corrected chi connectivity index (χ1v) is 9.61. The molecule has 1 aliphatic rings. The monoisotopic (exact) mass is 396 g/mol. The van der Waals surface area contributed by atoms with Gasteiger partial charge < -0.3 is 4.90 Å². The molecule has 0 saturated carbocycles. The van der Waals surface area contributed by atoms with Crippen molar-refractivity contribution in [1.82, 2.24) is 19.6 Å². The van der Waals surface area contributed by atoms with Crippen LogP contribution in [0.2, 0.25) is 0 Å². The largest absolute Gasteiger partial charge is 0.336 e. The number of amides is 1. The molecule has 1 saturated heterocycles. The molecule has 1 aromatic heterocycles. The first kappa shape index (κ1) is 19.3. The van der Waals surface area contributed by atoms with Crippen LogP contribution in [0.3, 0.4) is 0 Å². The van der Waals surface area contributed by atoms with E-state index in [1.165, 1.54) is 6.07 Å². The molecule has 0 aliphatic carbocycles. The van der Waals surface area contributed by atoms with Gasteiger partial charge in [0.1, 0.15) is 0 Å². The Morgan fingerprint density at radius 1 is 0.966 bits per heavy atom. The highest BCUT2D eigenvalue weighted by molar-refractivity contribution is 5.94. The fraction of sp³-hybridized carbons (Fsp3) is 0.273. The number of hydrogen-bond donors (Lipinski definition) is 0. The van der Waals surface area contributed by atoms with E-state index in [-0.39, 0.29) is 5.91 Å². The predicted molar refractivity (Wildman–Crippen MR) is 105 cm³/mol. The number of rotatable bonds is 5. The van der Waals surface area contributed by atoms with E-state index in [0.29, 0.717) is 50.4 Å². The van der Waals surface area contributed by atoms with Crippen LogP contribution >= 0.6 is 0 Å². The van der Waals surface area contributed by atoms with Crippen molar-refractivity contribution in [2.24, 2.45) is 0 Å². The number of benzene rings is 2. The molecule has 0 bridgehead atoms. The van der Waals surface area contributed by atoms with E-state index in [1.54, 1.807) is 12.3 Å². The average Bonchev–Trinajstić information content (AvgIpc) is 3.25. The molecule has 2 heterocycles. The smallest absolute Gasteiger partial charge is 0.253 e. The van der Waals surface area contributed by atoms with Crippen LogP contribution in [-0.4, -0.2) is 51.7 Å². The lowest BCUT2D eigenvalue weighted by Crippen LogP contribution is -2.48. The summed E-state index contributed by atoms with van der Waals surface area (Å²) in [6.07, 6.45) is 3.61. The third-order valence-electron chi connectivity index (χ3n) is 5.16. The molecule has 1 aliphatic heterocycles. The van der Waals surface area contributed by atoms with Gasteiger partial charge in [-0.15, -0.1) is 0 Å². The molecule has 0 spiro atoms. The van der Waals surface area contributed by atoms with Gasteiger partial charge in [0.15, 0.2) is 11.6 Å². The summed E-state index contributed by atoms with van der Waals surface area (Å²) in [5.41, 5.74) is 2.01. The summed E-state index contributed by atoms with van der Waals surface area (Å²) in [7, 11) is 0. The fourth-order valence-corrected chi connectivity index (χ4v) is 3.59. The fourth-order valence-electron chi connectivity index (χ4n) is 3.59. The topological polar surface area (TPSA) is 41.4 Å². The molecular formula is C22H22F2N4O. The van der Waals surface area contributed by atoms with Crippen LogP contribution < -0.4 is 0 Å². The molecule has 3 aromatic rings. The van der Waals surface area contributed by atoms with E-state index in [9.17, 15) is 13.6 Å². The van der Waals surface area contributed by atoms with Crippen LogP contribution in [0.15, 0.2) is 60.9 Å². The first-order valence-electron chi connectivity index (χ1n) is 9.61. The summed E-state index contributed by atoms with van der Waals surface area (Å²) >= 11 is 0. The Labute approximate surface area is 168 Å². The summed E-state index contributed by atoms with van der Waals surface area (Å²) in [6.45, 7) is 3.30. The van der Waals surface area contributed by atoms with Crippen molar-refractivity contribution in [3.8, 4) is 0 Å². The van der Waals surface area contributed by atoms with Crippen molar-refractivity contribution in [3.05, 3.63) is 89.2 Å². The van der Waals surface area contributed by atoms with E-state index in [0.717, 1.165) is 11.6 Å². The van der Waals surface area contributed by atoms with Gasteiger partial charge in [-0.05, 0) is 29.8 Å². The number of carbonyl (C=O) groups excluding carboxylic acids is 1. The second kappa shape index (κ2) is 8.53. The number of carbonyl (C=O) groups is 1. The molecule has 0 unspecified atom stereocenters. The maximum atomic E-state index is 13.9. The Balaban J connectivity index is 1.36. The quantitative estimate of drug-likeness (QED) is 0.665.